The van der Waals surface area contributed by atoms with Gasteiger partial charge < -0.3 is 9.47 Å². The van der Waals surface area contributed by atoms with Gasteiger partial charge in [-0.05, 0) is 52.9 Å². The molecule has 0 radical (unpaired) electrons. The topological polar surface area (TPSA) is 61.6 Å². The van der Waals surface area contributed by atoms with Gasteiger partial charge in [0.1, 0.15) is 19.0 Å². The van der Waals surface area contributed by atoms with Crippen LogP contribution in [0.25, 0.3) is 0 Å². The van der Waals surface area contributed by atoms with E-state index in [0.29, 0.717) is 6.61 Å². The lowest BCUT2D eigenvalue weighted by Crippen LogP contribution is -2.09. The molecular weight excluding hydrogens is 373 g/mol. The standard InChI is InChI=1S/C14H12INO4/c15-11-5-7-12(8-6-11)19-9-10-20-14-4-2-1-3-13(14)16(17)18/h1-8H,9-10H2. The second-order valence-electron chi connectivity index (χ2n) is 3.88. The SMILES string of the molecule is O=[N+]([O-])c1ccccc1OCCOc1ccc(I)cc1. The lowest BCUT2D eigenvalue weighted by atomic mass is 10.3. The average Bonchev–Trinajstić information content (AvgIpc) is 2.46. The number of nitro groups is 1. The van der Waals surface area contributed by atoms with Gasteiger partial charge in [0.15, 0.2) is 5.75 Å². The molecule has 0 bridgehead atoms. The van der Waals surface area contributed by atoms with Crippen molar-refractivity contribution in [2.45, 2.75) is 0 Å². The maximum absolute atomic E-state index is 10.8. The Morgan fingerprint density at radius 3 is 2.35 bits per heavy atom. The Balaban J connectivity index is 1.84. The van der Waals surface area contributed by atoms with Crippen LogP contribution in [-0.4, -0.2) is 18.1 Å². The summed E-state index contributed by atoms with van der Waals surface area (Å²) in [6.07, 6.45) is 0. The molecule has 0 aromatic heterocycles. The highest BCUT2D eigenvalue weighted by molar-refractivity contribution is 14.1. The Hall–Kier alpha value is -1.83. The van der Waals surface area contributed by atoms with Gasteiger partial charge >= 0.3 is 5.69 Å². The van der Waals surface area contributed by atoms with Crippen LogP contribution in [0.2, 0.25) is 0 Å². The molecule has 0 saturated heterocycles. The first-order valence-corrected chi connectivity index (χ1v) is 6.99. The van der Waals surface area contributed by atoms with E-state index < -0.39 is 4.92 Å². The average molecular weight is 385 g/mol. The van der Waals surface area contributed by atoms with Gasteiger partial charge in [0.25, 0.3) is 0 Å². The Bertz CT molecular complexity index is 586. The molecule has 0 aliphatic heterocycles. The minimum Gasteiger partial charge on any atom is -0.490 e. The molecule has 2 rings (SSSR count). The largest absolute Gasteiger partial charge is 0.490 e. The van der Waals surface area contributed by atoms with Gasteiger partial charge in [-0.2, -0.15) is 0 Å². The number of nitrogens with zero attached hydrogens (tertiary/aromatic N) is 1. The summed E-state index contributed by atoms with van der Waals surface area (Å²) in [5, 5.41) is 10.8. The molecule has 0 aliphatic rings. The quantitative estimate of drug-likeness (QED) is 0.330. The Morgan fingerprint density at radius 2 is 1.65 bits per heavy atom. The molecule has 2 aromatic rings. The number of hydrogen-bond acceptors (Lipinski definition) is 4. The minimum absolute atomic E-state index is 0.0400. The van der Waals surface area contributed by atoms with E-state index >= 15 is 0 Å². The summed E-state index contributed by atoms with van der Waals surface area (Å²) in [7, 11) is 0. The summed E-state index contributed by atoms with van der Waals surface area (Å²) in [6.45, 7) is 0.573. The summed E-state index contributed by atoms with van der Waals surface area (Å²) in [6, 6.07) is 13.9. The lowest BCUT2D eigenvalue weighted by Gasteiger charge is -2.08. The molecule has 0 saturated carbocycles. The summed E-state index contributed by atoms with van der Waals surface area (Å²) in [5.41, 5.74) is -0.0400. The van der Waals surface area contributed by atoms with Crippen LogP contribution in [0.3, 0.4) is 0 Å². The number of halogens is 1. The van der Waals surface area contributed by atoms with Gasteiger partial charge in [-0.1, -0.05) is 12.1 Å². The maximum Gasteiger partial charge on any atom is 0.310 e. The van der Waals surface area contributed by atoms with E-state index in [1.165, 1.54) is 6.07 Å². The highest BCUT2D eigenvalue weighted by atomic mass is 127. The minimum atomic E-state index is -0.463. The van der Waals surface area contributed by atoms with E-state index in [1.54, 1.807) is 18.2 Å². The van der Waals surface area contributed by atoms with E-state index in [-0.39, 0.29) is 18.0 Å². The van der Waals surface area contributed by atoms with Gasteiger partial charge in [-0.3, -0.25) is 10.1 Å². The van der Waals surface area contributed by atoms with Gasteiger partial charge in [0.05, 0.1) is 4.92 Å². The van der Waals surface area contributed by atoms with E-state index in [2.05, 4.69) is 22.6 Å². The zero-order chi connectivity index (χ0) is 14.4. The van der Waals surface area contributed by atoms with Crippen LogP contribution in [-0.2, 0) is 0 Å². The van der Waals surface area contributed by atoms with Crippen molar-refractivity contribution in [2.75, 3.05) is 13.2 Å². The number of ether oxygens (including phenoxy) is 2. The zero-order valence-corrected chi connectivity index (χ0v) is 12.6. The molecule has 104 valence electrons. The van der Waals surface area contributed by atoms with Crippen molar-refractivity contribution in [3.63, 3.8) is 0 Å². The molecule has 0 aliphatic carbocycles. The van der Waals surface area contributed by atoms with Gasteiger partial charge in [-0.25, -0.2) is 0 Å². The Labute approximate surface area is 129 Å². The molecule has 0 N–H and O–H groups in total. The Kier molecular flexibility index (Phi) is 5.16. The first kappa shape index (κ1) is 14.6. The maximum atomic E-state index is 10.8. The molecule has 0 unspecified atom stereocenters. The highest BCUT2D eigenvalue weighted by Gasteiger charge is 2.13. The predicted molar refractivity (Wildman–Crippen MR) is 83.2 cm³/mol. The molecule has 0 heterocycles. The number of benzene rings is 2. The second-order valence-corrected chi connectivity index (χ2v) is 5.12. The third-order valence-corrected chi connectivity index (χ3v) is 3.20. The summed E-state index contributed by atoms with van der Waals surface area (Å²) in [5.74, 6) is 1.00. The molecular formula is C14H12INO4. The number of rotatable bonds is 6. The number of para-hydroxylation sites is 2. The van der Waals surface area contributed by atoms with Crippen molar-refractivity contribution >= 4 is 28.3 Å². The molecule has 2 aromatic carbocycles. The van der Waals surface area contributed by atoms with Crippen LogP contribution >= 0.6 is 22.6 Å². The van der Waals surface area contributed by atoms with Crippen molar-refractivity contribution in [3.8, 4) is 11.5 Å². The van der Waals surface area contributed by atoms with E-state index in [4.69, 9.17) is 9.47 Å². The zero-order valence-electron chi connectivity index (χ0n) is 10.5. The van der Waals surface area contributed by atoms with Crippen LogP contribution in [0.5, 0.6) is 11.5 Å². The first-order chi connectivity index (χ1) is 9.66. The normalized spacial score (nSPS) is 10.1. The highest BCUT2D eigenvalue weighted by Crippen LogP contribution is 2.25. The summed E-state index contributed by atoms with van der Waals surface area (Å²) >= 11 is 2.21. The molecule has 5 nitrogen and oxygen atoms in total. The third kappa shape index (κ3) is 4.09. The van der Waals surface area contributed by atoms with Crippen molar-refractivity contribution in [3.05, 3.63) is 62.2 Å². The third-order valence-electron chi connectivity index (χ3n) is 2.49. The van der Waals surface area contributed by atoms with Gasteiger partial charge in [0.2, 0.25) is 0 Å². The van der Waals surface area contributed by atoms with Crippen molar-refractivity contribution in [2.24, 2.45) is 0 Å². The number of hydrogen-bond donors (Lipinski definition) is 0. The van der Waals surface area contributed by atoms with Crippen molar-refractivity contribution in [1.29, 1.82) is 0 Å². The van der Waals surface area contributed by atoms with Crippen molar-refractivity contribution < 1.29 is 14.4 Å². The van der Waals surface area contributed by atoms with Crippen LogP contribution < -0.4 is 9.47 Å². The fourth-order valence-electron chi connectivity index (χ4n) is 1.57. The molecule has 6 heteroatoms. The summed E-state index contributed by atoms with van der Waals surface area (Å²) < 4.78 is 12.0. The predicted octanol–water partition coefficient (Wildman–Crippen LogP) is 3.66. The van der Waals surface area contributed by atoms with Crippen molar-refractivity contribution in [1.82, 2.24) is 0 Å². The van der Waals surface area contributed by atoms with Gasteiger partial charge in [0, 0.05) is 9.64 Å². The first-order valence-electron chi connectivity index (χ1n) is 5.91. The van der Waals surface area contributed by atoms with E-state index in [1.807, 2.05) is 24.3 Å². The van der Waals surface area contributed by atoms with Crippen LogP contribution in [0.15, 0.2) is 48.5 Å². The van der Waals surface area contributed by atoms with Gasteiger partial charge in [-0.15, -0.1) is 0 Å². The molecule has 0 spiro atoms. The lowest BCUT2D eigenvalue weighted by molar-refractivity contribution is -0.385. The summed E-state index contributed by atoms with van der Waals surface area (Å²) in [4.78, 5) is 10.3. The number of nitro benzene ring substituents is 1. The second kappa shape index (κ2) is 7.09. The van der Waals surface area contributed by atoms with Crippen LogP contribution in [0, 0.1) is 13.7 Å². The molecule has 0 atom stereocenters. The molecule has 20 heavy (non-hydrogen) atoms. The Morgan fingerprint density at radius 1 is 1.00 bits per heavy atom. The van der Waals surface area contributed by atoms with Crippen LogP contribution in [0.4, 0.5) is 5.69 Å². The smallest absolute Gasteiger partial charge is 0.310 e. The fraction of sp³-hybridized carbons (Fsp3) is 0.143. The van der Waals surface area contributed by atoms with Crippen LogP contribution in [0.1, 0.15) is 0 Å². The molecule has 0 amide bonds. The van der Waals surface area contributed by atoms with E-state index in [9.17, 15) is 10.1 Å². The monoisotopic (exact) mass is 385 g/mol. The fourth-order valence-corrected chi connectivity index (χ4v) is 1.93. The molecule has 0 fully saturated rings. The van der Waals surface area contributed by atoms with E-state index in [0.717, 1.165) is 9.32 Å².